The normalized spacial score (nSPS) is 23.7. The molecule has 0 aliphatic carbocycles. The minimum absolute atomic E-state index is 0.949. The van der Waals surface area contributed by atoms with Crippen molar-refractivity contribution < 1.29 is 0 Å². The van der Waals surface area contributed by atoms with Gasteiger partial charge in [0.15, 0.2) is 0 Å². The molecule has 0 saturated carbocycles. The van der Waals surface area contributed by atoms with E-state index in [1.54, 1.807) is 0 Å². The zero-order valence-corrected chi connectivity index (χ0v) is 9.72. The summed E-state index contributed by atoms with van der Waals surface area (Å²) in [6, 6.07) is 0. The van der Waals surface area contributed by atoms with E-state index in [0.29, 0.717) is 0 Å². The standard InChI is InChI=1S/C5H12N2.C2H5.Ga/c1-6-4-5-7(2)3;1-2;/h2,4-5H2,1,3H3;1H2,2H3;/q-1;;+1. The Bertz CT molecular complexity index is 108. The maximum atomic E-state index is 2.65. The van der Waals surface area contributed by atoms with Crippen LogP contribution >= 0.6 is 0 Å². The Morgan fingerprint density at radius 2 is 2.00 bits per heavy atom. The van der Waals surface area contributed by atoms with Gasteiger partial charge in [-0.05, 0) is 0 Å². The van der Waals surface area contributed by atoms with Crippen LogP contribution in [0.25, 0.3) is 0 Å². The number of hydrogen-bond donors (Lipinski definition) is 0. The molecule has 0 N–H and O–H groups in total. The molecule has 2 nitrogen and oxygen atoms in total. The van der Waals surface area contributed by atoms with Gasteiger partial charge in [0.2, 0.25) is 0 Å². The third-order valence-corrected chi connectivity index (χ3v) is 9.78. The predicted octanol–water partition coefficient (Wildman–Crippen LogP) is 0.414. The van der Waals surface area contributed by atoms with Gasteiger partial charge in [0.05, 0.1) is 0 Å². The van der Waals surface area contributed by atoms with Gasteiger partial charge in [-0.25, -0.2) is 0 Å². The molecule has 0 aromatic heterocycles. The first-order valence-corrected chi connectivity index (χ1v) is 8.63. The van der Waals surface area contributed by atoms with Crippen LogP contribution in [-0.2, 0) is 0 Å². The SMILES string of the molecule is C[CH2][Ga]1[CH2]N(C)CC[N]1C. The van der Waals surface area contributed by atoms with Crippen LogP contribution in [0.3, 0.4) is 0 Å². The van der Waals surface area contributed by atoms with Crippen molar-refractivity contribution in [2.45, 2.75) is 11.9 Å². The van der Waals surface area contributed by atoms with Gasteiger partial charge in [-0.15, -0.1) is 0 Å². The molecule has 1 heterocycles. The molecule has 1 aliphatic heterocycles. The van der Waals surface area contributed by atoms with E-state index >= 15 is 0 Å². The quantitative estimate of drug-likeness (QED) is 0.564. The molecule has 0 spiro atoms. The summed E-state index contributed by atoms with van der Waals surface area (Å²) in [6.07, 6.45) is 0. The molecular formula is C7H17GaN2. The van der Waals surface area contributed by atoms with Crippen LogP contribution in [0, 0.1) is 0 Å². The number of nitrogens with zero attached hydrogens (tertiary/aromatic N) is 2. The fourth-order valence-electron chi connectivity index (χ4n) is 1.54. The van der Waals surface area contributed by atoms with E-state index in [2.05, 4.69) is 29.5 Å². The van der Waals surface area contributed by atoms with E-state index in [1.165, 1.54) is 23.2 Å². The summed E-state index contributed by atoms with van der Waals surface area (Å²) >= 11 is -0.949. The summed E-state index contributed by atoms with van der Waals surface area (Å²) in [4.78, 5) is 3.96. The average molecular weight is 199 g/mol. The maximum absolute atomic E-state index is 2.65. The number of rotatable bonds is 1. The first-order chi connectivity index (χ1) is 4.74. The second-order valence-corrected chi connectivity index (χ2v) is 10.4. The third kappa shape index (κ3) is 2.02. The van der Waals surface area contributed by atoms with E-state index in [4.69, 9.17) is 0 Å². The molecule has 1 fully saturated rings. The molecule has 58 valence electrons. The molecule has 0 amide bonds. The Labute approximate surface area is 69.5 Å². The van der Waals surface area contributed by atoms with Gasteiger partial charge in [0.25, 0.3) is 0 Å². The zero-order valence-electron chi connectivity index (χ0n) is 7.30. The number of hydrogen-bond acceptors (Lipinski definition) is 2. The molecule has 0 unspecified atom stereocenters. The van der Waals surface area contributed by atoms with Crippen LogP contribution < -0.4 is 0 Å². The van der Waals surface area contributed by atoms with Gasteiger partial charge >= 0.3 is 69.1 Å². The predicted molar refractivity (Wildman–Crippen MR) is 46.4 cm³/mol. The van der Waals surface area contributed by atoms with Gasteiger partial charge in [-0.2, -0.15) is 0 Å². The van der Waals surface area contributed by atoms with Crippen molar-refractivity contribution in [3.63, 3.8) is 0 Å². The van der Waals surface area contributed by atoms with Crippen LogP contribution in [0.2, 0.25) is 4.98 Å². The molecule has 0 aromatic rings. The minimum atomic E-state index is -0.949. The van der Waals surface area contributed by atoms with Crippen molar-refractivity contribution in [2.24, 2.45) is 0 Å². The topological polar surface area (TPSA) is 6.48 Å². The monoisotopic (exact) mass is 198 g/mol. The summed E-state index contributed by atoms with van der Waals surface area (Å²) in [7, 11) is 4.56. The van der Waals surface area contributed by atoms with Crippen LogP contribution in [0.1, 0.15) is 6.92 Å². The zero-order chi connectivity index (χ0) is 7.56. The summed E-state index contributed by atoms with van der Waals surface area (Å²) in [5.41, 5.74) is 0. The molecule has 3 heteroatoms. The van der Waals surface area contributed by atoms with Crippen LogP contribution in [0.15, 0.2) is 0 Å². The van der Waals surface area contributed by atoms with Crippen molar-refractivity contribution in [1.29, 1.82) is 0 Å². The van der Waals surface area contributed by atoms with Crippen LogP contribution in [0.5, 0.6) is 0 Å². The third-order valence-electron chi connectivity index (χ3n) is 2.45. The molecule has 0 radical (unpaired) electrons. The van der Waals surface area contributed by atoms with Gasteiger partial charge < -0.3 is 0 Å². The Hall–Kier alpha value is 0.556. The van der Waals surface area contributed by atoms with E-state index in [1.807, 2.05) is 0 Å². The molecule has 0 atom stereocenters. The molecule has 10 heavy (non-hydrogen) atoms. The van der Waals surface area contributed by atoms with E-state index in [0.717, 1.165) is 0 Å². The Morgan fingerprint density at radius 3 is 2.50 bits per heavy atom. The molecule has 0 aromatic carbocycles. The molecule has 1 saturated heterocycles. The molecule has 1 rings (SSSR count). The second-order valence-electron chi connectivity index (χ2n) is 3.30. The van der Waals surface area contributed by atoms with Crippen molar-refractivity contribution >= 4 is 16.5 Å². The fraction of sp³-hybridized carbons (Fsp3) is 1.00. The molecule has 1 aliphatic rings. The summed E-state index contributed by atoms with van der Waals surface area (Å²) < 4.78 is 2.65. The molecule has 0 bridgehead atoms. The van der Waals surface area contributed by atoms with Gasteiger partial charge in [-0.1, -0.05) is 0 Å². The van der Waals surface area contributed by atoms with Gasteiger partial charge in [0, 0.05) is 0 Å². The van der Waals surface area contributed by atoms with Crippen LogP contribution in [0.4, 0.5) is 0 Å². The van der Waals surface area contributed by atoms with Crippen molar-refractivity contribution in [2.75, 3.05) is 32.3 Å². The van der Waals surface area contributed by atoms with Gasteiger partial charge in [0.1, 0.15) is 0 Å². The van der Waals surface area contributed by atoms with E-state index in [9.17, 15) is 0 Å². The fourth-order valence-corrected chi connectivity index (χ4v) is 6.88. The Balaban J connectivity index is 2.38. The summed E-state index contributed by atoms with van der Waals surface area (Å²) in [6.45, 7) is 4.94. The van der Waals surface area contributed by atoms with E-state index < -0.39 is 16.5 Å². The van der Waals surface area contributed by atoms with Crippen molar-refractivity contribution in [3.8, 4) is 0 Å². The van der Waals surface area contributed by atoms with Crippen molar-refractivity contribution in [1.82, 2.24) is 8.51 Å². The Kier molecular flexibility index (Phi) is 3.29. The van der Waals surface area contributed by atoms with E-state index in [-0.39, 0.29) is 0 Å². The van der Waals surface area contributed by atoms with Crippen molar-refractivity contribution in [3.05, 3.63) is 0 Å². The first kappa shape index (κ1) is 8.65. The average Bonchev–Trinajstić information content (AvgIpc) is 1.94. The second kappa shape index (κ2) is 3.81. The first-order valence-electron chi connectivity index (χ1n) is 4.12. The summed E-state index contributed by atoms with van der Waals surface area (Å²) in [5.74, 6) is 0. The Morgan fingerprint density at radius 1 is 1.30 bits per heavy atom. The molecular weight excluding hydrogens is 182 g/mol. The van der Waals surface area contributed by atoms with Gasteiger partial charge in [-0.3, -0.25) is 0 Å². The van der Waals surface area contributed by atoms with Crippen LogP contribution in [-0.4, -0.2) is 57.2 Å². The summed E-state index contributed by atoms with van der Waals surface area (Å²) in [5, 5.41) is 1.43. The number of likely N-dealkylation sites (N-methyl/N-ethyl adjacent to an activating group) is 2.